The van der Waals surface area contributed by atoms with E-state index in [2.05, 4.69) is 15.0 Å². The van der Waals surface area contributed by atoms with E-state index in [4.69, 9.17) is 69.6 Å². The molecule has 0 fully saturated rings. The Morgan fingerprint density at radius 1 is 0.842 bits per heavy atom. The van der Waals surface area contributed by atoms with Gasteiger partial charge in [-0.1, -0.05) is 69.6 Å². The first kappa shape index (κ1) is 17.3. The third-order valence-electron chi connectivity index (χ3n) is 1.68. The van der Waals surface area contributed by atoms with Crippen LogP contribution < -0.4 is 0 Å². The lowest BCUT2D eigenvalue weighted by Crippen LogP contribution is -2.17. The maximum absolute atomic E-state index is 5.73. The molecule has 1 rings (SSSR count). The summed E-state index contributed by atoms with van der Waals surface area (Å²) in [4.78, 5) is 13.6. The molecule has 0 aliphatic rings. The van der Waals surface area contributed by atoms with Crippen molar-refractivity contribution in [3.63, 3.8) is 0 Å². The van der Waals surface area contributed by atoms with Crippen LogP contribution in [0.25, 0.3) is 6.08 Å². The van der Waals surface area contributed by atoms with Crippen molar-refractivity contribution in [1.29, 1.82) is 0 Å². The van der Waals surface area contributed by atoms with Crippen LogP contribution in [0.4, 0.5) is 0 Å². The van der Waals surface area contributed by atoms with E-state index in [0.29, 0.717) is 0 Å². The van der Waals surface area contributed by atoms with Crippen molar-refractivity contribution < 1.29 is 0 Å². The first-order valence-corrected chi connectivity index (χ1v) is 7.02. The van der Waals surface area contributed by atoms with Gasteiger partial charge < -0.3 is 4.90 Å². The van der Waals surface area contributed by atoms with Crippen molar-refractivity contribution in [2.75, 3.05) is 14.1 Å². The fourth-order valence-electron chi connectivity index (χ4n) is 0.936. The molecule has 1 aromatic rings. The predicted molar refractivity (Wildman–Crippen MR) is 81.0 cm³/mol. The van der Waals surface area contributed by atoms with Gasteiger partial charge >= 0.3 is 0 Å². The van der Waals surface area contributed by atoms with Crippen molar-refractivity contribution in [2.24, 2.45) is 0 Å². The SMILES string of the molecule is CN(C)C=Cc1nc(C(Cl)(Cl)Cl)nc(C(Cl)(Cl)Cl)n1. The number of alkyl halides is 6. The van der Waals surface area contributed by atoms with Gasteiger partial charge in [0.15, 0.2) is 17.5 Å². The minimum atomic E-state index is -1.84. The van der Waals surface area contributed by atoms with Crippen molar-refractivity contribution in [2.45, 2.75) is 7.59 Å². The molecule has 0 N–H and O–H groups in total. The monoisotopic (exact) mass is 382 g/mol. The molecule has 106 valence electrons. The van der Waals surface area contributed by atoms with Crippen molar-refractivity contribution >= 4 is 75.7 Å². The smallest absolute Gasteiger partial charge is 0.250 e. The lowest BCUT2D eigenvalue weighted by Gasteiger charge is -2.14. The van der Waals surface area contributed by atoms with Gasteiger partial charge in [-0.05, 0) is 6.08 Å². The number of hydrogen-bond donors (Lipinski definition) is 0. The number of halogens is 6. The second kappa shape index (κ2) is 6.37. The standard InChI is InChI=1S/C9H8Cl6N4/c1-19(2)4-3-5-16-6(8(10,11)12)18-7(17-5)9(13,14)15/h3-4H,1-2H3. The average molecular weight is 385 g/mol. The normalized spacial score (nSPS) is 13.1. The van der Waals surface area contributed by atoms with Gasteiger partial charge in [-0.15, -0.1) is 0 Å². The summed E-state index contributed by atoms with van der Waals surface area (Å²) in [5.41, 5.74) is 0. The third-order valence-corrected chi connectivity index (χ3v) is 2.70. The number of rotatable bonds is 2. The fraction of sp³-hybridized carbons (Fsp3) is 0.444. The summed E-state index contributed by atoms with van der Waals surface area (Å²) in [6.07, 6.45) is 3.27. The molecule has 0 aliphatic carbocycles. The van der Waals surface area contributed by atoms with Gasteiger partial charge in [0.1, 0.15) is 0 Å². The first-order chi connectivity index (χ1) is 8.50. The molecule has 0 aromatic carbocycles. The van der Waals surface area contributed by atoms with Crippen LogP contribution >= 0.6 is 69.6 Å². The van der Waals surface area contributed by atoms with Crippen LogP contribution in [-0.2, 0) is 7.59 Å². The van der Waals surface area contributed by atoms with E-state index < -0.39 is 7.59 Å². The van der Waals surface area contributed by atoms with Crippen molar-refractivity contribution in [3.8, 4) is 0 Å². The predicted octanol–water partition coefficient (Wildman–Crippen LogP) is 4.06. The molecule has 0 radical (unpaired) electrons. The maximum Gasteiger partial charge on any atom is 0.250 e. The second-order valence-corrected chi connectivity index (χ2v) is 8.18. The molecule has 4 nitrogen and oxygen atoms in total. The Kier molecular flexibility index (Phi) is 5.82. The highest BCUT2D eigenvalue weighted by Gasteiger charge is 2.33. The number of hydrogen-bond acceptors (Lipinski definition) is 4. The van der Waals surface area contributed by atoms with E-state index in [-0.39, 0.29) is 17.5 Å². The van der Waals surface area contributed by atoms with Gasteiger partial charge in [0.2, 0.25) is 7.59 Å². The summed E-state index contributed by atoms with van der Waals surface area (Å²) in [7, 11) is 3.65. The molecule has 1 heterocycles. The average Bonchev–Trinajstić information content (AvgIpc) is 2.23. The van der Waals surface area contributed by atoms with E-state index in [1.807, 2.05) is 14.1 Å². The van der Waals surface area contributed by atoms with Crippen molar-refractivity contribution in [3.05, 3.63) is 23.7 Å². The molecule has 0 bridgehead atoms. The van der Waals surface area contributed by atoms with E-state index in [1.54, 1.807) is 17.2 Å². The summed E-state index contributed by atoms with van der Waals surface area (Å²) in [5, 5.41) is 0. The number of nitrogens with zero attached hydrogens (tertiary/aromatic N) is 4. The van der Waals surface area contributed by atoms with Gasteiger partial charge in [-0.2, -0.15) is 0 Å². The molecule has 0 saturated carbocycles. The molecule has 0 saturated heterocycles. The molecule has 10 heteroatoms. The van der Waals surface area contributed by atoms with Crippen molar-refractivity contribution in [1.82, 2.24) is 19.9 Å². The zero-order valence-corrected chi connectivity index (χ0v) is 14.2. The van der Waals surface area contributed by atoms with Gasteiger partial charge in [0.05, 0.1) is 0 Å². The Morgan fingerprint density at radius 3 is 1.58 bits per heavy atom. The number of aromatic nitrogens is 3. The quantitative estimate of drug-likeness (QED) is 0.721. The highest BCUT2D eigenvalue weighted by Crippen LogP contribution is 2.39. The van der Waals surface area contributed by atoms with Gasteiger partial charge in [-0.3, -0.25) is 0 Å². The Morgan fingerprint density at radius 2 is 1.26 bits per heavy atom. The molecule has 0 aliphatic heterocycles. The minimum Gasteiger partial charge on any atom is -0.383 e. The molecule has 19 heavy (non-hydrogen) atoms. The third kappa shape index (κ3) is 5.66. The Labute approximate surface area is 140 Å². The van der Waals surface area contributed by atoms with Gasteiger partial charge in [-0.25, -0.2) is 15.0 Å². The molecule has 1 aromatic heterocycles. The first-order valence-electron chi connectivity index (χ1n) is 4.75. The lowest BCUT2D eigenvalue weighted by atomic mass is 10.5. The minimum absolute atomic E-state index is 0.118. The van der Waals surface area contributed by atoms with Gasteiger partial charge in [0, 0.05) is 20.3 Å². The van der Waals surface area contributed by atoms with E-state index in [1.165, 1.54) is 0 Å². The zero-order valence-electron chi connectivity index (χ0n) is 9.71. The lowest BCUT2D eigenvalue weighted by molar-refractivity contribution is 0.567. The molecular weight excluding hydrogens is 377 g/mol. The summed E-state index contributed by atoms with van der Waals surface area (Å²) in [5.74, 6) is -0.0224. The summed E-state index contributed by atoms with van der Waals surface area (Å²) < 4.78 is -3.68. The van der Waals surface area contributed by atoms with Crippen LogP contribution in [0.15, 0.2) is 6.20 Å². The fourth-order valence-corrected chi connectivity index (χ4v) is 1.44. The van der Waals surface area contributed by atoms with Crippen LogP contribution in [0.5, 0.6) is 0 Å². The molecular formula is C9H8Cl6N4. The van der Waals surface area contributed by atoms with Crippen LogP contribution in [-0.4, -0.2) is 33.9 Å². The van der Waals surface area contributed by atoms with E-state index in [0.717, 1.165) is 0 Å². The second-order valence-electron chi connectivity index (χ2n) is 3.62. The molecule has 0 atom stereocenters. The topological polar surface area (TPSA) is 41.9 Å². The zero-order chi connectivity index (χ0) is 14.8. The van der Waals surface area contributed by atoms with Crippen LogP contribution in [0.2, 0.25) is 0 Å². The largest absolute Gasteiger partial charge is 0.383 e. The van der Waals surface area contributed by atoms with Crippen LogP contribution in [0.3, 0.4) is 0 Å². The summed E-state index contributed by atoms with van der Waals surface area (Å²) >= 11 is 34.4. The summed E-state index contributed by atoms with van der Waals surface area (Å²) in [6.45, 7) is 0. The Balaban J connectivity index is 3.33. The van der Waals surface area contributed by atoms with E-state index >= 15 is 0 Å². The highest BCUT2D eigenvalue weighted by molar-refractivity contribution is 6.67. The molecule has 0 amide bonds. The molecule has 0 unspecified atom stereocenters. The van der Waals surface area contributed by atoms with Crippen LogP contribution in [0.1, 0.15) is 17.5 Å². The maximum atomic E-state index is 5.73. The highest BCUT2D eigenvalue weighted by atomic mass is 35.6. The molecule has 0 spiro atoms. The summed E-state index contributed by atoms with van der Waals surface area (Å²) in [6, 6.07) is 0. The van der Waals surface area contributed by atoms with Gasteiger partial charge in [0.25, 0.3) is 0 Å². The Bertz CT molecular complexity index is 444. The van der Waals surface area contributed by atoms with Crippen LogP contribution in [0, 0.1) is 0 Å². The van der Waals surface area contributed by atoms with E-state index in [9.17, 15) is 0 Å². The Hall–Kier alpha value is 0.290.